The Morgan fingerprint density at radius 2 is 1.66 bits per heavy atom. The predicted molar refractivity (Wildman–Crippen MR) is 142 cm³/mol. The van der Waals surface area contributed by atoms with Gasteiger partial charge in [-0.2, -0.15) is 0 Å². The zero-order valence-corrected chi connectivity index (χ0v) is 21.5. The van der Waals surface area contributed by atoms with Gasteiger partial charge in [-0.15, -0.1) is 11.8 Å². The van der Waals surface area contributed by atoms with Gasteiger partial charge in [-0.1, -0.05) is 72.3 Å². The molecule has 2 amide bonds. The number of nitrogens with one attached hydrogen (secondary N) is 1. The summed E-state index contributed by atoms with van der Waals surface area (Å²) in [6, 6.07) is 22.7. The fourth-order valence-corrected chi connectivity index (χ4v) is 4.82. The van der Waals surface area contributed by atoms with E-state index in [0.29, 0.717) is 22.8 Å². The van der Waals surface area contributed by atoms with Gasteiger partial charge in [-0.25, -0.2) is 4.39 Å². The van der Waals surface area contributed by atoms with Gasteiger partial charge in [0.15, 0.2) is 0 Å². The van der Waals surface area contributed by atoms with Gasteiger partial charge < -0.3 is 10.2 Å². The smallest absolute Gasteiger partial charge is 0.243 e. The summed E-state index contributed by atoms with van der Waals surface area (Å²) in [4.78, 5) is 28.5. The Balaban J connectivity index is 1.85. The van der Waals surface area contributed by atoms with Crippen molar-refractivity contribution in [3.8, 4) is 0 Å². The third-order valence-corrected chi connectivity index (χ3v) is 6.59. The monoisotopic (exact) mass is 512 g/mol. The lowest BCUT2D eigenvalue weighted by atomic mass is 10.0. The maximum atomic E-state index is 14.0. The summed E-state index contributed by atoms with van der Waals surface area (Å²) in [5, 5.41) is 3.53. The minimum absolute atomic E-state index is 0.0701. The van der Waals surface area contributed by atoms with Gasteiger partial charge in [-0.3, -0.25) is 9.59 Å². The van der Waals surface area contributed by atoms with Crippen molar-refractivity contribution in [1.29, 1.82) is 0 Å². The number of carbonyl (C=O) groups is 2. The molecule has 0 aliphatic heterocycles. The van der Waals surface area contributed by atoms with Crippen molar-refractivity contribution in [2.24, 2.45) is 0 Å². The van der Waals surface area contributed by atoms with E-state index in [1.807, 2.05) is 56.3 Å². The predicted octanol–water partition coefficient (Wildman–Crippen LogP) is 5.88. The second-order valence-electron chi connectivity index (χ2n) is 8.60. The van der Waals surface area contributed by atoms with Crippen molar-refractivity contribution in [3.63, 3.8) is 0 Å². The molecule has 3 rings (SSSR count). The van der Waals surface area contributed by atoms with Crippen LogP contribution in [0.4, 0.5) is 4.39 Å². The lowest BCUT2D eigenvalue weighted by Gasteiger charge is -2.32. The molecule has 0 fully saturated rings. The minimum Gasteiger partial charge on any atom is -0.352 e. The summed E-state index contributed by atoms with van der Waals surface area (Å²) in [5.41, 5.74) is 2.34. The van der Waals surface area contributed by atoms with Crippen LogP contribution in [0.25, 0.3) is 0 Å². The Bertz CT molecular complexity index is 1130. The number of thioether (sulfide) groups is 1. The van der Waals surface area contributed by atoms with Crippen LogP contribution in [-0.2, 0) is 28.3 Å². The lowest BCUT2D eigenvalue weighted by Crippen LogP contribution is -2.52. The molecule has 35 heavy (non-hydrogen) atoms. The largest absolute Gasteiger partial charge is 0.352 e. The minimum atomic E-state index is -0.708. The highest BCUT2D eigenvalue weighted by atomic mass is 35.5. The van der Waals surface area contributed by atoms with E-state index >= 15 is 0 Å². The third-order valence-electron chi connectivity index (χ3n) is 5.38. The molecule has 0 heterocycles. The number of nitrogens with zero attached hydrogens (tertiary/aromatic N) is 1. The van der Waals surface area contributed by atoms with Gasteiger partial charge in [0.2, 0.25) is 11.8 Å². The molecule has 0 aliphatic carbocycles. The van der Waals surface area contributed by atoms with E-state index in [4.69, 9.17) is 11.6 Å². The first-order valence-corrected chi connectivity index (χ1v) is 13.1. The number of rotatable bonds is 11. The fraction of sp³-hybridized carbons (Fsp3) is 0.286. The van der Waals surface area contributed by atoms with Crippen LogP contribution in [0.5, 0.6) is 0 Å². The second kappa shape index (κ2) is 13.3. The van der Waals surface area contributed by atoms with Crippen molar-refractivity contribution >= 4 is 35.2 Å². The SMILES string of the molecule is CC(C)NC(=O)[C@@H](Cc1ccccc1)N(Cc1cccc(Cl)c1)C(=O)CSCc1ccccc1F. The molecule has 1 N–H and O–H groups in total. The molecule has 0 saturated carbocycles. The average Bonchev–Trinajstić information content (AvgIpc) is 2.82. The molecule has 184 valence electrons. The molecular weight excluding hydrogens is 483 g/mol. The Hall–Kier alpha value is -2.83. The van der Waals surface area contributed by atoms with Crippen LogP contribution in [0.1, 0.15) is 30.5 Å². The quantitative estimate of drug-likeness (QED) is 0.349. The standard InChI is InChI=1S/C28H30ClFN2O2S/c1-20(2)31-28(34)26(16-21-9-4-3-5-10-21)32(17-22-11-8-13-24(29)15-22)27(33)19-35-18-23-12-6-7-14-25(23)30/h3-15,20,26H,16-19H2,1-2H3,(H,31,34)/t26-/m1/s1. The van der Waals surface area contributed by atoms with Crippen LogP contribution in [0, 0.1) is 5.82 Å². The van der Waals surface area contributed by atoms with Crippen molar-refractivity contribution in [2.75, 3.05) is 5.75 Å². The van der Waals surface area contributed by atoms with E-state index < -0.39 is 6.04 Å². The first kappa shape index (κ1) is 26.8. The van der Waals surface area contributed by atoms with Crippen LogP contribution < -0.4 is 5.32 Å². The van der Waals surface area contributed by atoms with Gasteiger partial charge in [0, 0.05) is 29.8 Å². The molecule has 0 spiro atoms. The molecule has 0 saturated heterocycles. The lowest BCUT2D eigenvalue weighted by molar-refractivity contribution is -0.139. The first-order valence-electron chi connectivity index (χ1n) is 11.5. The normalized spacial score (nSPS) is 11.8. The third kappa shape index (κ3) is 8.41. The highest BCUT2D eigenvalue weighted by Crippen LogP contribution is 2.21. The molecular formula is C28H30ClFN2O2S. The Labute approximate surface area is 215 Å². The van der Waals surface area contributed by atoms with Crippen LogP contribution in [0.2, 0.25) is 5.02 Å². The summed E-state index contributed by atoms with van der Waals surface area (Å²) < 4.78 is 14.0. The average molecular weight is 513 g/mol. The second-order valence-corrected chi connectivity index (χ2v) is 10.0. The Kier molecular flexibility index (Phi) is 10.2. The number of carbonyl (C=O) groups excluding carboxylic acids is 2. The summed E-state index contributed by atoms with van der Waals surface area (Å²) in [6.07, 6.45) is 0.379. The van der Waals surface area contributed by atoms with E-state index in [1.54, 1.807) is 35.2 Å². The van der Waals surface area contributed by atoms with Crippen LogP contribution in [-0.4, -0.2) is 34.6 Å². The van der Waals surface area contributed by atoms with E-state index in [9.17, 15) is 14.0 Å². The number of benzene rings is 3. The van der Waals surface area contributed by atoms with Gasteiger partial charge in [0.25, 0.3) is 0 Å². The molecule has 0 aliphatic rings. The maximum absolute atomic E-state index is 14.0. The summed E-state index contributed by atoms with van der Waals surface area (Å²) in [6.45, 7) is 4.03. The summed E-state index contributed by atoms with van der Waals surface area (Å²) in [7, 11) is 0. The first-order chi connectivity index (χ1) is 16.8. The summed E-state index contributed by atoms with van der Waals surface area (Å²) >= 11 is 7.52. The zero-order chi connectivity index (χ0) is 25.2. The topological polar surface area (TPSA) is 49.4 Å². The van der Waals surface area contributed by atoms with Crippen molar-refractivity contribution in [3.05, 3.63) is 106 Å². The van der Waals surface area contributed by atoms with Crippen LogP contribution >= 0.6 is 23.4 Å². The molecule has 3 aromatic rings. The molecule has 0 radical (unpaired) electrons. The molecule has 7 heteroatoms. The summed E-state index contributed by atoms with van der Waals surface area (Å²) in [5.74, 6) is -0.203. The molecule has 0 bridgehead atoms. The molecule has 4 nitrogen and oxygen atoms in total. The molecule has 1 atom stereocenters. The van der Waals surface area contributed by atoms with E-state index in [0.717, 1.165) is 11.1 Å². The van der Waals surface area contributed by atoms with E-state index in [-0.39, 0.29) is 36.0 Å². The van der Waals surface area contributed by atoms with E-state index in [2.05, 4.69) is 5.32 Å². The zero-order valence-electron chi connectivity index (χ0n) is 19.9. The van der Waals surface area contributed by atoms with Crippen molar-refractivity contribution in [1.82, 2.24) is 10.2 Å². The van der Waals surface area contributed by atoms with Crippen molar-refractivity contribution < 1.29 is 14.0 Å². The molecule has 3 aromatic carbocycles. The number of halogens is 2. The van der Waals surface area contributed by atoms with Gasteiger partial charge >= 0.3 is 0 Å². The number of amides is 2. The molecule has 0 unspecified atom stereocenters. The highest BCUT2D eigenvalue weighted by molar-refractivity contribution is 7.99. The highest BCUT2D eigenvalue weighted by Gasteiger charge is 2.30. The Morgan fingerprint density at radius 1 is 0.971 bits per heavy atom. The Morgan fingerprint density at radius 3 is 2.34 bits per heavy atom. The van der Waals surface area contributed by atoms with Crippen LogP contribution in [0.15, 0.2) is 78.9 Å². The number of hydrogen-bond acceptors (Lipinski definition) is 3. The van der Waals surface area contributed by atoms with Gasteiger partial charge in [0.05, 0.1) is 5.75 Å². The van der Waals surface area contributed by atoms with Crippen molar-refractivity contribution in [2.45, 2.75) is 44.6 Å². The van der Waals surface area contributed by atoms with Gasteiger partial charge in [0.1, 0.15) is 11.9 Å². The van der Waals surface area contributed by atoms with Gasteiger partial charge in [-0.05, 0) is 48.7 Å². The maximum Gasteiger partial charge on any atom is 0.243 e. The fourth-order valence-electron chi connectivity index (χ4n) is 3.71. The van der Waals surface area contributed by atoms with E-state index in [1.165, 1.54) is 17.8 Å². The van der Waals surface area contributed by atoms with Crippen LogP contribution in [0.3, 0.4) is 0 Å². The molecule has 0 aromatic heterocycles. The number of hydrogen-bond donors (Lipinski definition) is 1.